The SMILES string of the molecule is Cc1ccc(F)c(C(=O)N(CC2CCCCN2)C2CC2)c1. The molecule has 3 rings (SSSR count). The van der Waals surface area contributed by atoms with Crippen LogP contribution in [0.2, 0.25) is 0 Å². The number of rotatable bonds is 4. The number of halogens is 1. The van der Waals surface area contributed by atoms with Crippen molar-refractivity contribution in [2.24, 2.45) is 0 Å². The van der Waals surface area contributed by atoms with E-state index in [9.17, 15) is 9.18 Å². The summed E-state index contributed by atoms with van der Waals surface area (Å²) >= 11 is 0. The van der Waals surface area contributed by atoms with Crippen LogP contribution in [0.4, 0.5) is 4.39 Å². The number of nitrogens with zero attached hydrogens (tertiary/aromatic N) is 1. The maximum absolute atomic E-state index is 14.0. The molecule has 0 radical (unpaired) electrons. The van der Waals surface area contributed by atoms with Crippen molar-refractivity contribution < 1.29 is 9.18 Å². The molecule has 2 aliphatic rings. The smallest absolute Gasteiger partial charge is 0.257 e. The van der Waals surface area contributed by atoms with Crippen LogP contribution in [0.3, 0.4) is 0 Å². The maximum Gasteiger partial charge on any atom is 0.257 e. The molecule has 0 spiro atoms. The van der Waals surface area contributed by atoms with Crippen LogP contribution in [0.15, 0.2) is 18.2 Å². The third-order valence-electron chi connectivity index (χ3n) is 4.43. The maximum atomic E-state index is 14.0. The van der Waals surface area contributed by atoms with E-state index in [1.807, 2.05) is 11.8 Å². The van der Waals surface area contributed by atoms with Crippen molar-refractivity contribution >= 4 is 5.91 Å². The van der Waals surface area contributed by atoms with Crippen LogP contribution < -0.4 is 5.32 Å². The Morgan fingerprint density at radius 3 is 2.81 bits per heavy atom. The molecule has 1 aromatic carbocycles. The van der Waals surface area contributed by atoms with E-state index in [0.717, 1.165) is 31.4 Å². The molecule has 114 valence electrons. The van der Waals surface area contributed by atoms with Gasteiger partial charge in [-0.2, -0.15) is 0 Å². The van der Waals surface area contributed by atoms with E-state index >= 15 is 0 Å². The highest BCUT2D eigenvalue weighted by Crippen LogP contribution is 2.29. The normalized spacial score (nSPS) is 22.1. The summed E-state index contributed by atoms with van der Waals surface area (Å²) in [4.78, 5) is 14.6. The topological polar surface area (TPSA) is 32.3 Å². The summed E-state index contributed by atoms with van der Waals surface area (Å²) < 4.78 is 14.0. The monoisotopic (exact) mass is 290 g/mol. The van der Waals surface area contributed by atoms with E-state index in [1.165, 1.54) is 18.9 Å². The van der Waals surface area contributed by atoms with E-state index in [2.05, 4.69) is 5.32 Å². The molecule has 1 heterocycles. The summed E-state index contributed by atoms with van der Waals surface area (Å²) in [5, 5.41) is 3.48. The molecule has 1 aromatic rings. The number of hydrogen-bond acceptors (Lipinski definition) is 2. The fourth-order valence-corrected chi connectivity index (χ4v) is 3.06. The van der Waals surface area contributed by atoms with Gasteiger partial charge in [0.1, 0.15) is 5.82 Å². The van der Waals surface area contributed by atoms with Gasteiger partial charge in [0.25, 0.3) is 5.91 Å². The van der Waals surface area contributed by atoms with Gasteiger partial charge in [-0.15, -0.1) is 0 Å². The minimum absolute atomic E-state index is 0.147. The van der Waals surface area contributed by atoms with E-state index in [4.69, 9.17) is 0 Å². The minimum Gasteiger partial charge on any atom is -0.334 e. The van der Waals surface area contributed by atoms with E-state index < -0.39 is 5.82 Å². The predicted molar refractivity (Wildman–Crippen MR) is 80.8 cm³/mol. The highest BCUT2D eigenvalue weighted by molar-refractivity contribution is 5.95. The molecule has 1 unspecified atom stereocenters. The fourth-order valence-electron chi connectivity index (χ4n) is 3.06. The molecular weight excluding hydrogens is 267 g/mol. The van der Waals surface area contributed by atoms with Crippen molar-refractivity contribution in [1.82, 2.24) is 10.2 Å². The zero-order valence-electron chi connectivity index (χ0n) is 12.6. The number of hydrogen-bond donors (Lipinski definition) is 1. The molecule has 1 aliphatic heterocycles. The van der Waals surface area contributed by atoms with E-state index in [0.29, 0.717) is 18.6 Å². The molecule has 0 aromatic heterocycles. The predicted octanol–water partition coefficient (Wildman–Crippen LogP) is 2.88. The average molecular weight is 290 g/mol. The largest absolute Gasteiger partial charge is 0.334 e. The number of carbonyl (C=O) groups is 1. The Morgan fingerprint density at radius 2 is 2.14 bits per heavy atom. The van der Waals surface area contributed by atoms with Gasteiger partial charge >= 0.3 is 0 Å². The molecule has 1 saturated carbocycles. The summed E-state index contributed by atoms with van der Waals surface area (Å²) in [6, 6.07) is 5.43. The summed E-state index contributed by atoms with van der Waals surface area (Å²) in [6.45, 7) is 3.62. The molecule has 1 N–H and O–H groups in total. The number of piperidine rings is 1. The van der Waals surface area contributed by atoms with Gasteiger partial charge in [0, 0.05) is 18.6 Å². The van der Waals surface area contributed by atoms with Gasteiger partial charge in [-0.3, -0.25) is 4.79 Å². The molecule has 1 aliphatic carbocycles. The Labute approximate surface area is 125 Å². The summed E-state index contributed by atoms with van der Waals surface area (Å²) in [7, 11) is 0. The lowest BCUT2D eigenvalue weighted by molar-refractivity contribution is 0.0713. The lowest BCUT2D eigenvalue weighted by Crippen LogP contribution is -2.46. The Balaban J connectivity index is 1.76. The molecule has 1 atom stereocenters. The van der Waals surface area contributed by atoms with Gasteiger partial charge < -0.3 is 10.2 Å². The Bertz CT molecular complexity index is 522. The summed E-state index contributed by atoms with van der Waals surface area (Å²) in [5.41, 5.74) is 1.14. The summed E-state index contributed by atoms with van der Waals surface area (Å²) in [6.07, 6.45) is 5.62. The van der Waals surface area contributed by atoms with Crippen molar-refractivity contribution in [1.29, 1.82) is 0 Å². The van der Waals surface area contributed by atoms with Gasteiger partial charge in [-0.1, -0.05) is 18.1 Å². The molecule has 0 bridgehead atoms. The first-order valence-corrected chi connectivity index (χ1v) is 7.95. The van der Waals surface area contributed by atoms with Gasteiger partial charge in [-0.05, 0) is 51.3 Å². The number of benzene rings is 1. The van der Waals surface area contributed by atoms with Crippen LogP contribution >= 0.6 is 0 Å². The van der Waals surface area contributed by atoms with E-state index in [-0.39, 0.29) is 11.5 Å². The van der Waals surface area contributed by atoms with Crippen LogP contribution in [0.1, 0.15) is 48.0 Å². The fraction of sp³-hybridized carbons (Fsp3) is 0.588. The van der Waals surface area contributed by atoms with Crippen LogP contribution in [-0.2, 0) is 0 Å². The second kappa shape index (κ2) is 6.14. The first kappa shape index (κ1) is 14.5. The first-order chi connectivity index (χ1) is 10.1. The summed E-state index contributed by atoms with van der Waals surface area (Å²) in [5.74, 6) is -0.557. The Kier molecular flexibility index (Phi) is 4.24. The zero-order chi connectivity index (χ0) is 14.8. The van der Waals surface area contributed by atoms with Crippen LogP contribution in [0.25, 0.3) is 0 Å². The number of nitrogens with one attached hydrogen (secondary N) is 1. The Hall–Kier alpha value is -1.42. The van der Waals surface area contributed by atoms with Gasteiger partial charge in [0.15, 0.2) is 0 Å². The molecule has 3 nitrogen and oxygen atoms in total. The van der Waals surface area contributed by atoms with Crippen molar-refractivity contribution in [3.63, 3.8) is 0 Å². The second-order valence-electron chi connectivity index (χ2n) is 6.32. The zero-order valence-corrected chi connectivity index (χ0v) is 12.6. The quantitative estimate of drug-likeness (QED) is 0.925. The van der Waals surface area contributed by atoms with Crippen molar-refractivity contribution in [2.45, 2.75) is 51.1 Å². The lowest BCUT2D eigenvalue weighted by atomic mass is 10.0. The van der Waals surface area contributed by atoms with Crippen molar-refractivity contribution in [3.05, 3.63) is 35.1 Å². The molecular formula is C17H23FN2O. The average Bonchev–Trinajstić information content (AvgIpc) is 3.32. The molecule has 1 saturated heterocycles. The number of amides is 1. The molecule has 4 heteroatoms. The highest BCUT2D eigenvalue weighted by atomic mass is 19.1. The number of carbonyl (C=O) groups excluding carboxylic acids is 1. The van der Waals surface area contributed by atoms with Gasteiger partial charge in [0.2, 0.25) is 0 Å². The van der Waals surface area contributed by atoms with E-state index in [1.54, 1.807) is 12.1 Å². The van der Waals surface area contributed by atoms with Gasteiger partial charge in [0.05, 0.1) is 5.56 Å². The van der Waals surface area contributed by atoms with Crippen LogP contribution in [0, 0.1) is 12.7 Å². The first-order valence-electron chi connectivity index (χ1n) is 7.95. The third kappa shape index (κ3) is 3.43. The van der Waals surface area contributed by atoms with Crippen molar-refractivity contribution in [3.8, 4) is 0 Å². The highest BCUT2D eigenvalue weighted by Gasteiger charge is 2.35. The molecule has 21 heavy (non-hydrogen) atoms. The third-order valence-corrected chi connectivity index (χ3v) is 4.43. The lowest BCUT2D eigenvalue weighted by Gasteiger charge is -2.31. The number of aryl methyl sites for hydroxylation is 1. The molecule has 2 fully saturated rings. The second-order valence-corrected chi connectivity index (χ2v) is 6.32. The standard InChI is InChI=1S/C17H23FN2O/c1-12-5-8-16(18)15(10-12)17(21)20(14-6-7-14)11-13-4-2-3-9-19-13/h5,8,10,13-14,19H,2-4,6-7,9,11H2,1H3. The van der Waals surface area contributed by atoms with Crippen LogP contribution in [0.5, 0.6) is 0 Å². The van der Waals surface area contributed by atoms with Gasteiger partial charge in [-0.25, -0.2) is 4.39 Å². The molecule has 1 amide bonds. The minimum atomic E-state index is -0.409. The Morgan fingerprint density at radius 1 is 1.33 bits per heavy atom. The van der Waals surface area contributed by atoms with Crippen molar-refractivity contribution in [2.75, 3.05) is 13.1 Å². The van der Waals surface area contributed by atoms with Crippen LogP contribution in [-0.4, -0.2) is 36.0 Å².